The molecule has 3 aliphatic rings. The molecule has 0 aromatic heterocycles. The van der Waals surface area contributed by atoms with Gasteiger partial charge in [0.25, 0.3) is 5.24 Å². The van der Waals surface area contributed by atoms with Gasteiger partial charge in [0.2, 0.25) is 5.79 Å². The first-order valence-corrected chi connectivity index (χ1v) is 59.9. The molecule has 0 unspecified atom stereocenters. The third-order valence-electron chi connectivity index (χ3n) is 17.5. The fourth-order valence-electron chi connectivity index (χ4n) is 11.6. The van der Waals surface area contributed by atoms with Crippen LogP contribution in [-0.4, -0.2) is 187 Å². The van der Waals surface area contributed by atoms with E-state index >= 15 is 0 Å². The van der Waals surface area contributed by atoms with E-state index in [4.69, 9.17) is 151 Å². The number of benzene rings is 9. The van der Waals surface area contributed by atoms with Crippen molar-refractivity contribution in [3.63, 3.8) is 0 Å². The number of ether oxygens (including phenoxy) is 7. The summed E-state index contributed by atoms with van der Waals surface area (Å²) in [6.07, 6.45) is -3.38. The topological polar surface area (TPSA) is 282 Å². The molecule has 6 N–H and O–H groups in total. The maximum absolute atomic E-state index is 12.6. The summed E-state index contributed by atoms with van der Waals surface area (Å²) in [4.78, 5) is 46.0. The average Bonchev–Trinajstić information content (AvgIpc) is 0.766. The standard InChI is InChI=1S/C20H23ClO7.C16H36O5Si3.C14H10BrClO2.C14H12BrClO.C7H3BrCl2O.C7H4BrClO2.C7H8O.C4H8O.Al.3ClH/c1-27-14-5-2-11(3-6-14)8-12-9-13(4-7-15(12)21)20(26)19(25)18(24)17(23)16(10-22)28-20;1-11-12-13(19-22(2,3)4)14(20-23(5,6)7)15(16(17)18-12)21-24(8,9)10;1-18-11-5-2-9(3-6-11)14(17)12-8-10(15)4-7-13(12)16;1-17-13-5-2-10(3-6-13)8-11-9-12(15)4-7-14(11)16;2*8-4-1-2-6(9)5(3-4)7(10)11;1-8-7-5-3-2-4-6-7;1-2-4-5-3-1;;;;/h2-7,9,16-19,22-26H,8,10H2,1H3;12-15H,11H2,1-10H3;2-8H,1H3;2-7,9H,8H2,1H3;1-3H;1-3H,(H,10,11);2-6H,1H3;1-4H2;;3*1H/q;;;;;;;;+3;;;/p-3/t16-,17-,18+,19-,20+;12-,13-,14+,15-;;;;;;;;;;/m11........../s1. The number of aromatic carboxylic acids is 1. The van der Waals surface area contributed by atoms with E-state index in [1.165, 1.54) is 36.6 Å². The summed E-state index contributed by atoms with van der Waals surface area (Å²) in [5.74, 6) is -0.526. The highest BCUT2D eigenvalue weighted by Gasteiger charge is 2.54. The lowest BCUT2D eigenvalue weighted by molar-refractivity contribution is -0.357. The van der Waals surface area contributed by atoms with Crippen molar-refractivity contribution in [1.29, 1.82) is 0 Å². The average molecular weight is 2240 g/mol. The number of carboxylic acids is 1. The normalized spacial score (nSPS) is 18.6. The molecule has 3 saturated heterocycles. The quantitative estimate of drug-likeness (QED) is 0.0169. The molecule has 0 spiro atoms. The molecule has 3 fully saturated rings. The number of hydrogen-bond acceptors (Lipinski definition) is 19. The number of aliphatic hydroxyl groups excluding tert-OH is 4. The molecule has 0 bridgehead atoms. The lowest BCUT2D eigenvalue weighted by atomic mass is 9.87. The Morgan fingerprint density at radius 2 is 0.873 bits per heavy atom. The van der Waals surface area contributed by atoms with Crippen LogP contribution in [0.15, 0.2) is 212 Å². The monoisotopic (exact) mass is 2230 g/mol. The van der Waals surface area contributed by atoms with E-state index in [1.54, 1.807) is 107 Å². The minimum absolute atomic E-state index is 0.107. The maximum Gasteiger partial charge on any atom is 0.643 e. The van der Waals surface area contributed by atoms with Crippen LogP contribution in [0.4, 0.5) is 0 Å². The SMILES string of the molecule is C1CCOC1.CC[C@H]1OC(=O)[C@H](O[Si](C)(C)C)[C@@H](O[Si](C)(C)C)[C@@H]1O[Si](C)(C)C.COc1ccc(C(=O)c2cc(Br)ccc2Cl)cc1.COc1ccc(Cc2cc(Br)ccc2Cl)cc1.COc1ccc(Cc2cc([C@]3(O)O[C@H](CO)[C@@H](O)[C@H](O)[C@H]3O)ccc2Cl)cc1.COc1ccccc1.O=C(Cl)c1cc(Br)ccc1Cl.O=C(O)c1cc(Br)ccc1Cl.[Cl][Al]([Cl])[Cl]. The largest absolute Gasteiger partial charge is 0.643 e. The van der Waals surface area contributed by atoms with Gasteiger partial charge < -0.3 is 77.1 Å². The minimum atomic E-state index is -2.31. The van der Waals surface area contributed by atoms with E-state index in [0.717, 1.165) is 66.5 Å². The Balaban J connectivity index is 0.000000312. The summed E-state index contributed by atoms with van der Waals surface area (Å²) in [6.45, 7) is 22.4. The molecule has 0 aliphatic carbocycles. The van der Waals surface area contributed by atoms with Crippen LogP contribution in [-0.2, 0) is 50.9 Å². The van der Waals surface area contributed by atoms with Gasteiger partial charge in [-0.2, -0.15) is 0 Å². The Morgan fingerprint density at radius 3 is 1.25 bits per heavy atom. The summed E-state index contributed by atoms with van der Waals surface area (Å²) >= 11 is 46.4. The molecule has 12 rings (SSSR count). The molecular weight excluding hydrogens is 2140 g/mol. The van der Waals surface area contributed by atoms with Crippen LogP contribution in [0.3, 0.4) is 0 Å². The van der Waals surface area contributed by atoms with Crippen LogP contribution >= 0.6 is 163 Å². The number of carbonyl (C=O) groups is 4. The lowest BCUT2D eigenvalue weighted by Crippen LogP contribution is -2.63. The number of carbonyl (C=O) groups excluding carboxylic acids is 3. The van der Waals surface area contributed by atoms with E-state index in [-0.39, 0.29) is 46.2 Å². The zero-order valence-corrected chi connectivity index (χ0v) is 88.9. The molecule has 0 radical (unpaired) electrons. The Hall–Kier alpha value is -4.23. The Bertz CT molecular complexity index is 4780. The fraction of sp³-hybridized carbons (Fsp3) is 0.348. The smallest absolute Gasteiger partial charge is 0.497 e. The molecule has 9 atom stereocenters. The molecule has 3 aliphatic heterocycles. The number of cyclic esters (lactones) is 1. The zero-order chi connectivity index (χ0) is 94.6. The van der Waals surface area contributed by atoms with Gasteiger partial charge in [-0.3, -0.25) is 9.59 Å². The zero-order valence-electron chi connectivity index (χ0n) is 71.6. The molecule has 9 aromatic rings. The highest BCUT2D eigenvalue weighted by molar-refractivity contribution is 9.11. The molecule has 0 saturated carbocycles. The first-order valence-electron chi connectivity index (χ1n) is 39.0. The van der Waals surface area contributed by atoms with Crippen molar-refractivity contribution >= 4 is 223 Å². The van der Waals surface area contributed by atoms with E-state index < -0.39 is 90.5 Å². The third kappa shape index (κ3) is 40.7. The van der Waals surface area contributed by atoms with Crippen LogP contribution in [0.2, 0.25) is 84.0 Å². The molecule has 9 aromatic carbocycles. The number of halogens is 13. The van der Waals surface area contributed by atoms with Gasteiger partial charge in [-0.25, -0.2) is 39.7 Å². The van der Waals surface area contributed by atoms with Gasteiger partial charge in [0.05, 0.1) is 61.2 Å². The summed E-state index contributed by atoms with van der Waals surface area (Å²) in [5.41, 5.74) is 5.58. The van der Waals surface area contributed by atoms with Gasteiger partial charge in [-0.15, -0.1) is 0 Å². The van der Waals surface area contributed by atoms with Crippen molar-refractivity contribution in [3.05, 3.63) is 287 Å². The highest BCUT2D eigenvalue weighted by atomic mass is 79.9. The number of rotatable bonds is 21. The summed E-state index contributed by atoms with van der Waals surface area (Å²) < 4.78 is 58.6. The predicted molar refractivity (Wildman–Crippen MR) is 528 cm³/mol. The van der Waals surface area contributed by atoms with Gasteiger partial charge in [-0.05, 0) is 270 Å². The summed E-state index contributed by atoms with van der Waals surface area (Å²) in [6, 6.07) is 57.3. The van der Waals surface area contributed by atoms with Crippen molar-refractivity contribution in [2.45, 2.75) is 153 Å². The molecule has 126 heavy (non-hydrogen) atoms. The molecule has 37 heteroatoms. The van der Waals surface area contributed by atoms with Crippen molar-refractivity contribution in [3.8, 4) is 23.0 Å². The van der Waals surface area contributed by atoms with E-state index in [2.05, 4.69) is 135 Å². The summed E-state index contributed by atoms with van der Waals surface area (Å²) in [7, 11) is 15.7. The first kappa shape index (κ1) is 114. The molecule has 3 heterocycles. The maximum atomic E-state index is 12.6. The van der Waals surface area contributed by atoms with Gasteiger partial charge in [-0.1, -0.05) is 177 Å². The minimum Gasteiger partial charge on any atom is -0.497 e. The molecule has 686 valence electrons. The number of methoxy groups -OCH3 is 4. The number of para-hydroxylation sites is 1. The van der Waals surface area contributed by atoms with Crippen molar-refractivity contribution in [2.24, 2.45) is 0 Å². The van der Waals surface area contributed by atoms with Crippen LogP contribution in [0, 0.1) is 0 Å². The number of hydrogen-bond donors (Lipinski definition) is 6. The van der Waals surface area contributed by atoms with Crippen LogP contribution in [0.1, 0.15) is 90.6 Å². The Labute approximate surface area is 821 Å². The second kappa shape index (κ2) is 56.7. The fourth-order valence-corrected chi connectivity index (χ4v) is 17.4. The van der Waals surface area contributed by atoms with Gasteiger partial charge >= 0.3 is 23.3 Å². The molecule has 20 nitrogen and oxygen atoms in total. The van der Waals surface area contributed by atoms with Gasteiger partial charge in [0.15, 0.2) is 36.8 Å². The van der Waals surface area contributed by atoms with Crippen molar-refractivity contribution in [2.75, 3.05) is 48.3 Å². The van der Waals surface area contributed by atoms with Crippen molar-refractivity contribution < 1.29 is 96.3 Å². The number of ketones is 1. The van der Waals surface area contributed by atoms with Crippen LogP contribution in [0.25, 0.3) is 0 Å². The van der Waals surface area contributed by atoms with Crippen LogP contribution < -0.4 is 18.9 Å². The number of esters is 1. The van der Waals surface area contributed by atoms with Crippen molar-refractivity contribution in [1.82, 2.24) is 0 Å². The van der Waals surface area contributed by atoms with Crippen LogP contribution in [0.5, 0.6) is 23.0 Å². The molecule has 0 amide bonds. The molecular formula is C89H104AlBr4Cl9O20Si3. The second-order valence-electron chi connectivity index (χ2n) is 30.6. The van der Waals surface area contributed by atoms with E-state index in [1.807, 2.05) is 91.9 Å². The second-order valence-corrected chi connectivity index (χ2v) is 56.4. The summed E-state index contributed by atoms with van der Waals surface area (Å²) in [5, 5.41) is 60.9. The number of aliphatic hydroxyl groups is 5. The third-order valence-corrected chi connectivity index (χ3v) is 24.3. The van der Waals surface area contributed by atoms with Gasteiger partial charge in [0.1, 0.15) is 65.7 Å². The Kier molecular flexibility index (Phi) is 51.4. The Morgan fingerprint density at radius 1 is 0.492 bits per heavy atom. The predicted octanol–water partition coefficient (Wildman–Crippen LogP) is 24.0. The first-order chi connectivity index (χ1) is 59.1. The lowest BCUT2D eigenvalue weighted by Gasteiger charge is -2.46. The van der Waals surface area contributed by atoms with Gasteiger partial charge in [0, 0.05) is 57.8 Å². The highest BCUT2D eigenvalue weighted by Crippen LogP contribution is 2.39. The van der Waals surface area contributed by atoms with E-state index in [0.29, 0.717) is 60.4 Å². The van der Waals surface area contributed by atoms with E-state index in [9.17, 15) is 44.7 Å². The number of carboxylic acid groups (broad SMARTS) is 1.